The van der Waals surface area contributed by atoms with E-state index < -0.39 is 0 Å². The number of hydrogen-bond acceptors (Lipinski definition) is 6. The van der Waals surface area contributed by atoms with Gasteiger partial charge >= 0.3 is 0 Å². The lowest BCUT2D eigenvalue weighted by Gasteiger charge is -2.11. The summed E-state index contributed by atoms with van der Waals surface area (Å²) < 4.78 is 5.59. The SMILES string of the molecule is CCOc1ccccc1-c1cc(NCCO)nc(N)n1. The van der Waals surface area contributed by atoms with Crippen molar-refractivity contribution >= 4 is 11.8 Å². The maximum atomic E-state index is 8.84. The number of ether oxygens (including phenoxy) is 1. The molecule has 1 heterocycles. The Bertz CT molecular complexity index is 575. The highest BCUT2D eigenvalue weighted by Crippen LogP contribution is 2.29. The van der Waals surface area contributed by atoms with Gasteiger partial charge in [0.1, 0.15) is 11.6 Å². The van der Waals surface area contributed by atoms with Crippen LogP contribution in [0.2, 0.25) is 0 Å². The minimum atomic E-state index is 0.0226. The van der Waals surface area contributed by atoms with E-state index in [2.05, 4.69) is 15.3 Å². The van der Waals surface area contributed by atoms with Crippen LogP contribution in [0.1, 0.15) is 6.92 Å². The van der Waals surface area contributed by atoms with Crippen molar-refractivity contribution in [2.45, 2.75) is 6.92 Å². The number of hydrogen-bond donors (Lipinski definition) is 3. The number of anilines is 2. The number of nitrogens with zero attached hydrogens (tertiary/aromatic N) is 2. The van der Waals surface area contributed by atoms with E-state index in [0.29, 0.717) is 24.7 Å². The number of aromatic nitrogens is 2. The van der Waals surface area contributed by atoms with Gasteiger partial charge in [0.05, 0.1) is 18.9 Å². The van der Waals surface area contributed by atoms with Crippen molar-refractivity contribution in [1.29, 1.82) is 0 Å². The lowest BCUT2D eigenvalue weighted by molar-refractivity contribution is 0.311. The molecule has 0 bridgehead atoms. The Balaban J connectivity index is 2.39. The third-order valence-corrected chi connectivity index (χ3v) is 2.62. The lowest BCUT2D eigenvalue weighted by atomic mass is 10.1. The molecule has 0 aliphatic heterocycles. The number of benzene rings is 1. The molecule has 0 aliphatic rings. The van der Waals surface area contributed by atoms with Crippen LogP contribution in [0.3, 0.4) is 0 Å². The van der Waals surface area contributed by atoms with Gasteiger partial charge in [0.15, 0.2) is 0 Å². The monoisotopic (exact) mass is 274 g/mol. The predicted octanol–water partition coefficient (Wildman–Crippen LogP) is 1.53. The topological polar surface area (TPSA) is 93.3 Å². The summed E-state index contributed by atoms with van der Waals surface area (Å²) >= 11 is 0. The van der Waals surface area contributed by atoms with Gasteiger partial charge in [-0.3, -0.25) is 0 Å². The molecule has 20 heavy (non-hydrogen) atoms. The Labute approximate surface area is 117 Å². The first kappa shape index (κ1) is 14.1. The molecule has 0 atom stereocenters. The van der Waals surface area contributed by atoms with Crippen LogP contribution in [0.25, 0.3) is 11.3 Å². The van der Waals surface area contributed by atoms with Crippen LogP contribution in [0.4, 0.5) is 11.8 Å². The van der Waals surface area contributed by atoms with Gasteiger partial charge in [-0.25, -0.2) is 4.98 Å². The molecule has 1 aromatic heterocycles. The summed E-state index contributed by atoms with van der Waals surface area (Å²) in [6.45, 7) is 2.93. The second kappa shape index (κ2) is 6.72. The fraction of sp³-hybridized carbons (Fsp3) is 0.286. The number of rotatable bonds is 6. The molecule has 0 saturated carbocycles. The Morgan fingerprint density at radius 2 is 2.10 bits per heavy atom. The van der Waals surface area contributed by atoms with Crippen molar-refractivity contribution in [3.63, 3.8) is 0 Å². The van der Waals surface area contributed by atoms with Crippen LogP contribution in [0.5, 0.6) is 5.75 Å². The van der Waals surface area contributed by atoms with Gasteiger partial charge in [0.2, 0.25) is 5.95 Å². The largest absolute Gasteiger partial charge is 0.493 e. The molecular formula is C14H18N4O2. The molecule has 0 fully saturated rings. The third-order valence-electron chi connectivity index (χ3n) is 2.62. The number of nitrogen functional groups attached to an aromatic ring is 1. The molecule has 0 unspecified atom stereocenters. The van der Waals surface area contributed by atoms with Crippen LogP contribution >= 0.6 is 0 Å². The summed E-state index contributed by atoms with van der Waals surface area (Å²) in [6.07, 6.45) is 0. The van der Waals surface area contributed by atoms with Crippen molar-refractivity contribution in [2.75, 3.05) is 30.8 Å². The first-order valence-electron chi connectivity index (χ1n) is 6.46. The predicted molar refractivity (Wildman–Crippen MR) is 78.6 cm³/mol. The zero-order chi connectivity index (χ0) is 14.4. The van der Waals surface area contributed by atoms with Gasteiger partial charge < -0.3 is 20.9 Å². The maximum Gasteiger partial charge on any atom is 0.222 e. The fourth-order valence-corrected chi connectivity index (χ4v) is 1.84. The van der Waals surface area contributed by atoms with E-state index in [1.54, 1.807) is 6.07 Å². The van der Waals surface area contributed by atoms with Gasteiger partial charge in [0, 0.05) is 18.2 Å². The first-order valence-corrected chi connectivity index (χ1v) is 6.46. The highest BCUT2D eigenvalue weighted by molar-refractivity contribution is 5.70. The third kappa shape index (κ3) is 3.36. The summed E-state index contributed by atoms with van der Waals surface area (Å²) in [4.78, 5) is 8.32. The second-order valence-corrected chi connectivity index (χ2v) is 4.08. The van der Waals surface area contributed by atoms with Crippen molar-refractivity contribution < 1.29 is 9.84 Å². The minimum Gasteiger partial charge on any atom is -0.493 e. The van der Waals surface area contributed by atoms with Gasteiger partial charge in [-0.2, -0.15) is 4.98 Å². The first-order chi connectivity index (χ1) is 9.74. The highest BCUT2D eigenvalue weighted by Gasteiger charge is 2.09. The van der Waals surface area contributed by atoms with Crippen LogP contribution in [-0.4, -0.2) is 34.8 Å². The fourth-order valence-electron chi connectivity index (χ4n) is 1.84. The molecule has 6 heteroatoms. The molecule has 6 nitrogen and oxygen atoms in total. The van der Waals surface area contributed by atoms with Gasteiger partial charge in [-0.05, 0) is 19.1 Å². The summed E-state index contributed by atoms with van der Waals surface area (Å²) in [5.41, 5.74) is 7.27. The van der Waals surface area contributed by atoms with Crippen molar-refractivity contribution in [3.8, 4) is 17.0 Å². The standard InChI is InChI=1S/C14H18N4O2/c1-2-20-12-6-4-3-5-10(12)11-9-13(16-7-8-19)18-14(15)17-11/h3-6,9,19H,2,7-8H2,1H3,(H3,15,16,17,18). The molecule has 4 N–H and O–H groups in total. The summed E-state index contributed by atoms with van der Waals surface area (Å²) in [5.74, 6) is 1.50. The number of aliphatic hydroxyl groups excluding tert-OH is 1. The van der Waals surface area contributed by atoms with E-state index in [1.165, 1.54) is 0 Å². The van der Waals surface area contributed by atoms with Crippen LogP contribution < -0.4 is 15.8 Å². The molecular weight excluding hydrogens is 256 g/mol. The molecule has 106 valence electrons. The quantitative estimate of drug-likeness (QED) is 0.739. The number of para-hydroxylation sites is 1. The lowest BCUT2D eigenvalue weighted by Crippen LogP contribution is -2.09. The molecule has 1 aromatic carbocycles. The maximum absolute atomic E-state index is 8.84. The van der Waals surface area contributed by atoms with E-state index in [-0.39, 0.29) is 12.6 Å². The molecule has 2 aromatic rings. The Hall–Kier alpha value is -2.34. The Morgan fingerprint density at radius 3 is 2.85 bits per heavy atom. The number of aliphatic hydroxyl groups is 1. The van der Waals surface area contributed by atoms with Crippen LogP contribution in [-0.2, 0) is 0 Å². The van der Waals surface area contributed by atoms with Crippen LogP contribution in [0.15, 0.2) is 30.3 Å². The van der Waals surface area contributed by atoms with E-state index in [9.17, 15) is 0 Å². The molecule has 0 aliphatic carbocycles. The number of nitrogens with one attached hydrogen (secondary N) is 1. The highest BCUT2D eigenvalue weighted by atomic mass is 16.5. The summed E-state index contributed by atoms with van der Waals surface area (Å²) in [5, 5.41) is 11.8. The van der Waals surface area contributed by atoms with Gasteiger partial charge in [-0.1, -0.05) is 12.1 Å². The normalized spacial score (nSPS) is 10.3. The minimum absolute atomic E-state index is 0.0226. The van der Waals surface area contributed by atoms with E-state index in [0.717, 1.165) is 11.3 Å². The Morgan fingerprint density at radius 1 is 1.30 bits per heavy atom. The number of nitrogens with two attached hydrogens (primary N) is 1. The summed E-state index contributed by atoms with van der Waals surface area (Å²) in [7, 11) is 0. The Kier molecular flexibility index (Phi) is 4.73. The van der Waals surface area contributed by atoms with Crippen molar-refractivity contribution in [1.82, 2.24) is 9.97 Å². The van der Waals surface area contributed by atoms with E-state index >= 15 is 0 Å². The van der Waals surface area contributed by atoms with Crippen LogP contribution in [0, 0.1) is 0 Å². The van der Waals surface area contributed by atoms with E-state index in [1.807, 2.05) is 31.2 Å². The average molecular weight is 274 g/mol. The van der Waals surface area contributed by atoms with Crippen molar-refractivity contribution in [2.24, 2.45) is 0 Å². The molecule has 0 radical (unpaired) electrons. The zero-order valence-electron chi connectivity index (χ0n) is 11.3. The smallest absolute Gasteiger partial charge is 0.222 e. The molecule has 0 saturated heterocycles. The van der Waals surface area contributed by atoms with Gasteiger partial charge in [0.25, 0.3) is 0 Å². The second-order valence-electron chi connectivity index (χ2n) is 4.08. The van der Waals surface area contributed by atoms with Crippen molar-refractivity contribution in [3.05, 3.63) is 30.3 Å². The summed E-state index contributed by atoms with van der Waals surface area (Å²) in [6, 6.07) is 9.41. The zero-order valence-corrected chi connectivity index (χ0v) is 11.3. The molecule has 0 spiro atoms. The average Bonchev–Trinajstić information content (AvgIpc) is 2.45. The molecule has 0 amide bonds. The van der Waals surface area contributed by atoms with E-state index in [4.69, 9.17) is 15.6 Å². The van der Waals surface area contributed by atoms with Gasteiger partial charge in [-0.15, -0.1) is 0 Å². The molecule has 2 rings (SSSR count).